The maximum Gasteiger partial charge on any atom is 0.270 e. The Kier molecular flexibility index (Phi) is 4.39. The van der Waals surface area contributed by atoms with Crippen LogP contribution in [0, 0.1) is 6.92 Å². The van der Waals surface area contributed by atoms with Crippen molar-refractivity contribution in [1.82, 2.24) is 15.3 Å². The SMILES string of the molecule is Cc1cc(C(=O)NCc2ccco2)nc(N2CCc3ccccc3C2)n1. The summed E-state index contributed by atoms with van der Waals surface area (Å²) in [5, 5.41) is 2.83. The van der Waals surface area contributed by atoms with Gasteiger partial charge in [0.25, 0.3) is 5.91 Å². The molecule has 132 valence electrons. The average Bonchev–Trinajstić information content (AvgIpc) is 3.19. The Bertz CT molecular complexity index is 921. The van der Waals surface area contributed by atoms with Gasteiger partial charge in [-0.05, 0) is 42.7 Å². The molecule has 3 aromatic rings. The Morgan fingerprint density at radius 2 is 2.04 bits per heavy atom. The second-order valence-corrected chi connectivity index (χ2v) is 6.40. The van der Waals surface area contributed by atoms with Crippen LogP contribution in [0.3, 0.4) is 0 Å². The first-order valence-electron chi connectivity index (χ1n) is 8.67. The summed E-state index contributed by atoms with van der Waals surface area (Å²) < 4.78 is 5.24. The van der Waals surface area contributed by atoms with Crippen molar-refractivity contribution in [1.29, 1.82) is 0 Å². The highest BCUT2D eigenvalue weighted by molar-refractivity contribution is 5.92. The van der Waals surface area contributed by atoms with Crippen molar-refractivity contribution in [3.8, 4) is 0 Å². The number of carbonyl (C=O) groups is 1. The van der Waals surface area contributed by atoms with Crippen molar-refractivity contribution < 1.29 is 9.21 Å². The maximum atomic E-state index is 12.5. The molecule has 26 heavy (non-hydrogen) atoms. The molecule has 0 bridgehead atoms. The van der Waals surface area contributed by atoms with Gasteiger partial charge in [0.2, 0.25) is 5.95 Å². The molecule has 1 aliphatic heterocycles. The van der Waals surface area contributed by atoms with Gasteiger partial charge < -0.3 is 14.6 Å². The van der Waals surface area contributed by atoms with Crippen LogP contribution in [0.2, 0.25) is 0 Å². The van der Waals surface area contributed by atoms with Crippen LogP contribution in [-0.4, -0.2) is 22.4 Å². The molecule has 0 saturated heterocycles. The van der Waals surface area contributed by atoms with E-state index in [0.29, 0.717) is 23.9 Å². The number of hydrogen-bond donors (Lipinski definition) is 1. The largest absolute Gasteiger partial charge is 0.467 e. The highest BCUT2D eigenvalue weighted by atomic mass is 16.3. The zero-order chi connectivity index (χ0) is 17.9. The van der Waals surface area contributed by atoms with Gasteiger partial charge in [0.05, 0.1) is 12.8 Å². The summed E-state index contributed by atoms with van der Waals surface area (Å²) in [6.45, 7) is 3.81. The third kappa shape index (κ3) is 3.44. The molecule has 6 nitrogen and oxygen atoms in total. The van der Waals surface area contributed by atoms with Crippen molar-refractivity contribution in [2.45, 2.75) is 26.4 Å². The van der Waals surface area contributed by atoms with E-state index in [1.54, 1.807) is 18.4 Å². The molecule has 2 aromatic heterocycles. The van der Waals surface area contributed by atoms with E-state index in [-0.39, 0.29) is 5.91 Å². The first-order valence-corrected chi connectivity index (χ1v) is 8.67. The van der Waals surface area contributed by atoms with Crippen LogP contribution in [0.5, 0.6) is 0 Å². The van der Waals surface area contributed by atoms with E-state index in [4.69, 9.17) is 4.42 Å². The monoisotopic (exact) mass is 348 g/mol. The smallest absolute Gasteiger partial charge is 0.270 e. The van der Waals surface area contributed by atoms with E-state index >= 15 is 0 Å². The number of aryl methyl sites for hydroxylation is 1. The van der Waals surface area contributed by atoms with Crippen LogP contribution in [0.25, 0.3) is 0 Å². The summed E-state index contributed by atoms with van der Waals surface area (Å²) in [4.78, 5) is 23.6. The first kappa shape index (κ1) is 16.3. The summed E-state index contributed by atoms with van der Waals surface area (Å²) in [5.74, 6) is 1.07. The Morgan fingerprint density at radius 1 is 1.19 bits per heavy atom. The number of aromatic nitrogens is 2. The Labute approximate surface area is 151 Å². The Hall–Kier alpha value is -3.15. The normalized spacial score (nSPS) is 13.3. The van der Waals surface area contributed by atoms with Gasteiger partial charge in [-0.25, -0.2) is 9.97 Å². The van der Waals surface area contributed by atoms with E-state index in [2.05, 4.69) is 38.4 Å². The van der Waals surface area contributed by atoms with Gasteiger partial charge in [0, 0.05) is 18.8 Å². The summed E-state index contributed by atoms with van der Waals surface area (Å²) in [5.41, 5.74) is 3.80. The highest BCUT2D eigenvalue weighted by Gasteiger charge is 2.20. The van der Waals surface area contributed by atoms with Gasteiger partial charge in [0.1, 0.15) is 11.5 Å². The number of furan rings is 1. The number of fused-ring (bicyclic) bond motifs is 1. The molecule has 0 spiro atoms. The van der Waals surface area contributed by atoms with Crippen LogP contribution in [0.4, 0.5) is 5.95 Å². The van der Waals surface area contributed by atoms with Crippen molar-refractivity contribution >= 4 is 11.9 Å². The minimum atomic E-state index is -0.231. The zero-order valence-electron chi connectivity index (χ0n) is 14.6. The van der Waals surface area contributed by atoms with Crippen LogP contribution < -0.4 is 10.2 Å². The second kappa shape index (κ2) is 7.00. The van der Waals surface area contributed by atoms with E-state index in [1.807, 2.05) is 19.1 Å². The first-order chi connectivity index (χ1) is 12.7. The highest BCUT2D eigenvalue weighted by Crippen LogP contribution is 2.22. The van der Waals surface area contributed by atoms with Crippen molar-refractivity contribution in [2.24, 2.45) is 0 Å². The van der Waals surface area contributed by atoms with Crippen LogP contribution >= 0.6 is 0 Å². The van der Waals surface area contributed by atoms with Crippen molar-refractivity contribution in [3.05, 3.63) is 77.0 Å². The summed E-state index contributed by atoms with van der Waals surface area (Å²) in [6, 6.07) is 13.7. The molecule has 3 heterocycles. The van der Waals surface area contributed by atoms with Gasteiger partial charge in [0.15, 0.2) is 0 Å². The fourth-order valence-electron chi connectivity index (χ4n) is 3.15. The molecule has 4 rings (SSSR count). The molecular weight excluding hydrogens is 328 g/mol. The molecule has 6 heteroatoms. The van der Waals surface area contributed by atoms with E-state index < -0.39 is 0 Å². The zero-order valence-corrected chi connectivity index (χ0v) is 14.6. The van der Waals surface area contributed by atoms with E-state index in [1.165, 1.54) is 11.1 Å². The topological polar surface area (TPSA) is 71.3 Å². The second-order valence-electron chi connectivity index (χ2n) is 6.40. The fraction of sp³-hybridized carbons (Fsp3) is 0.250. The Balaban J connectivity index is 1.52. The third-order valence-corrected chi connectivity index (χ3v) is 4.49. The molecular formula is C20H20N4O2. The van der Waals surface area contributed by atoms with Crippen LogP contribution in [0.1, 0.15) is 33.1 Å². The van der Waals surface area contributed by atoms with Gasteiger partial charge in [-0.3, -0.25) is 4.79 Å². The predicted molar refractivity (Wildman–Crippen MR) is 97.8 cm³/mol. The molecule has 1 aliphatic rings. The molecule has 0 saturated carbocycles. The molecule has 0 aliphatic carbocycles. The summed E-state index contributed by atoms with van der Waals surface area (Å²) in [7, 11) is 0. The number of carbonyl (C=O) groups excluding carboxylic acids is 1. The number of amides is 1. The summed E-state index contributed by atoms with van der Waals surface area (Å²) >= 11 is 0. The fourth-order valence-corrected chi connectivity index (χ4v) is 3.15. The molecule has 1 amide bonds. The average molecular weight is 348 g/mol. The van der Waals surface area contributed by atoms with Crippen LogP contribution in [-0.2, 0) is 19.5 Å². The number of nitrogens with zero attached hydrogens (tertiary/aromatic N) is 3. The van der Waals surface area contributed by atoms with Gasteiger partial charge >= 0.3 is 0 Å². The lowest BCUT2D eigenvalue weighted by Crippen LogP contribution is -2.33. The van der Waals surface area contributed by atoms with Gasteiger partial charge in [-0.1, -0.05) is 24.3 Å². The third-order valence-electron chi connectivity index (χ3n) is 4.49. The lowest BCUT2D eigenvalue weighted by molar-refractivity contribution is 0.0943. The number of benzene rings is 1. The van der Waals surface area contributed by atoms with E-state index in [0.717, 1.165) is 25.2 Å². The molecule has 1 aromatic carbocycles. The van der Waals surface area contributed by atoms with E-state index in [9.17, 15) is 4.79 Å². The standard InChI is InChI=1S/C20H20N4O2/c1-14-11-18(19(25)21-12-17-7-4-10-26-17)23-20(22-14)24-9-8-15-5-2-3-6-16(15)13-24/h2-7,10-11H,8-9,12-13H2,1H3,(H,21,25). The number of hydrogen-bond acceptors (Lipinski definition) is 5. The molecule has 1 N–H and O–H groups in total. The minimum Gasteiger partial charge on any atom is -0.467 e. The number of anilines is 1. The Morgan fingerprint density at radius 3 is 2.85 bits per heavy atom. The molecule has 0 atom stereocenters. The van der Waals surface area contributed by atoms with Crippen molar-refractivity contribution in [2.75, 3.05) is 11.4 Å². The molecule has 0 unspecified atom stereocenters. The maximum absolute atomic E-state index is 12.5. The van der Waals surface area contributed by atoms with Gasteiger partial charge in [-0.15, -0.1) is 0 Å². The summed E-state index contributed by atoms with van der Waals surface area (Å²) in [6.07, 6.45) is 2.54. The minimum absolute atomic E-state index is 0.231. The van der Waals surface area contributed by atoms with Crippen molar-refractivity contribution in [3.63, 3.8) is 0 Å². The van der Waals surface area contributed by atoms with Gasteiger partial charge in [-0.2, -0.15) is 0 Å². The lowest BCUT2D eigenvalue weighted by Gasteiger charge is -2.29. The quantitative estimate of drug-likeness (QED) is 0.785. The lowest BCUT2D eigenvalue weighted by atomic mass is 10.0. The molecule has 0 fully saturated rings. The number of rotatable bonds is 4. The van der Waals surface area contributed by atoms with Crippen LogP contribution in [0.15, 0.2) is 53.1 Å². The number of nitrogens with one attached hydrogen (secondary N) is 1. The molecule has 0 radical (unpaired) electrons. The predicted octanol–water partition coefficient (Wildman–Crippen LogP) is 2.87.